The maximum Gasteiger partial charge on any atom is 0.155 e. The van der Waals surface area contributed by atoms with Crippen molar-refractivity contribution in [1.82, 2.24) is 14.6 Å². The Labute approximate surface area is 106 Å². The van der Waals surface area contributed by atoms with E-state index in [4.69, 9.17) is 10.8 Å². The number of rotatable bonds is 2. The van der Waals surface area contributed by atoms with E-state index in [0.29, 0.717) is 12.5 Å². The Morgan fingerprint density at radius 3 is 3.00 bits per heavy atom. The van der Waals surface area contributed by atoms with Crippen LogP contribution in [-0.2, 0) is 6.54 Å². The van der Waals surface area contributed by atoms with Crippen LogP contribution in [0.15, 0.2) is 18.3 Å². The van der Waals surface area contributed by atoms with E-state index >= 15 is 0 Å². The number of hydrogen-bond acceptors (Lipinski definition) is 3. The van der Waals surface area contributed by atoms with Crippen LogP contribution < -0.4 is 5.73 Å². The molecule has 2 aliphatic carbocycles. The largest absolute Gasteiger partial charge is 0.325 e. The molecule has 94 valence electrons. The molecule has 0 amide bonds. The maximum absolute atomic E-state index is 5.75. The van der Waals surface area contributed by atoms with Crippen LogP contribution >= 0.6 is 0 Å². The highest BCUT2D eigenvalue weighted by molar-refractivity contribution is 5.41. The van der Waals surface area contributed by atoms with E-state index in [1.165, 1.54) is 31.4 Å². The lowest BCUT2D eigenvalue weighted by atomic mass is 9.86. The summed E-state index contributed by atoms with van der Waals surface area (Å²) < 4.78 is 1.92. The minimum atomic E-state index is 0.511. The van der Waals surface area contributed by atoms with Crippen LogP contribution in [0.3, 0.4) is 0 Å². The van der Waals surface area contributed by atoms with Crippen molar-refractivity contribution in [3.05, 3.63) is 29.7 Å². The molecule has 2 bridgehead atoms. The van der Waals surface area contributed by atoms with Gasteiger partial charge >= 0.3 is 0 Å². The van der Waals surface area contributed by atoms with Crippen LogP contribution in [0.5, 0.6) is 0 Å². The Hall–Kier alpha value is -1.42. The van der Waals surface area contributed by atoms with Crippen LogP contribution in [0.1, 0.15) is 43.0 Å². The Morgan fingerprint density at radius 2 is 2.28 bits per heavy atom. The summed E-state index contributed by atoms with van der Waals surface area (Å²) in [5, 5.41) is 4.76. The monoisotopic (exact) mass is 242 g/mol. The topological polar surface area (TPSA) is 56.2 Å². The normalized spacial score (nSPS) is 30.4. The van der Waals surface area contributed by atoms with Crippen molar-refractivity contribution in [2.24, 2.45) is 17.6 Å². The van der Waals surface area contributed by atoms with Crippen LogP contribution in [0.2, 0.25) is 0 Å². The summed E-state index contributed by atoms with van der Waals surface area (Å²) in [4.78, 5) is 4.39. The van der Waals surface area contributed by atoms with E-state index in [2.05, 4.69) is 11.1 Å². The van der Waals surface area contributed by atoms with Gasteiger partial charge in [0.25, 0.3) is 0 Å². The summed E-state index contributed by atoms with van der Waals surface area (Å²) in [7, 11) is 0. The summed E-state index contributed by atoms with van der Waals surface area (Å²) in [6.07, 6.45) is 7.38. The molecule has 2 heterocycles. The van der Waals surface area contributed by atoms with Crippen molar-refractivity contribution < 1.29 is 0 Å². The highest BCUT2D eigenvalue weighted by atomic mass is 15.3. The van der Waals surface area contributed by atoms with Gasteiger partial charge in [0.15, 0.2) is 5.65 Å². The van der Waals surface area contributed by atoms with Crippen LogP contribution in [0, 0.1) is 11.8 Å². The van der Waals surface area contributed by atoms with Crippen molar-refractivity contribution in [3.8, 4) is 0 Å². The van der Waals surface area contributed by atoms with Gasteiger partial charge in [0.1, 0.15) is 0 Å². The SMILES string of the molecule is NCc1ccnc2cc(C3CC4CCC3C4)nn12. The minimum absolute atomic E-state index is 0.511. The molecule has 2 saturated carbocycles. The van der Waals surface area contributed by atoms with E-state index in [1.54, 1.807) is 0 Å². The van der Waals surface area contributed by atoms with E-state index in [1.807, 2.05) is 16.8 Å². The van der Waals surface area contributed by atoms with Gasteiger partial charge in [-0.25, -0.2) is 9.50 Å². The third-order valence-corrected chi connectivity index (χ3v) is 4.78. The maximum atomic E-state index is 5.75. The third-order valence-electron chi connectivity index (χ3n) is 4.78. The second kappa shape index (κ2) is 3.79. The molecule has 0 radical (unpaired) electrons. The first kappa shape index (κ1) is 10.5. The molecule has 4 rings (SSSR count). The summed E-state index contributed by atoms with van der Waals surface area (Å²) in [5.41, 5.74) is 8.96. The number of hydrogen-bond donors (Lipinski definition) is 1. The fourth-order valence-electron chi connectivity index (χ4n) is 3.91. The van der Waals surface area contributed by atoms with Gasteiger partial charge in [-0.2, -0.15) is 5.10 Å². The van der Waals surface area contributed by atoms with E-state index in [9.17, 15) is 0 Å². The summed E-state index contributed by atoms with van der Waals surface area (Å²) in [5.74, 6) is 2.48. The molecule has 2 aromatic rings. The Bertz CT molecular complexity index is 588. The van der Waals surface area contributed by atoms with Gasteiger partial charge in [0.05, 0.1) is 11.4 Å². The van der Waals surface area contributed by atoms with Crippen molar-refractivity contribution >= 4 is 5.65 Å². The first-order chi connectivity index (χ1) is 8.85. The number of aromatic nitrogens is 3. The fourth-order valence-corrected chi connectivity index (χ4v) is 3.91. The quantitative estimate of drug-likeness (QED) is 0.877. The lowest BCUT2D eigenvalue weighted by Gasteiger charge is -2.19. The smallest absolute Gasteiger partial charge is 0.155 e. The summed E-state index contributed by atoms with van der Waals surface area (Å²) >= 11 is 0. The zero-order valence-corrected chi connectivity index (χ0v) is 10.4. The molecule has 18 heavy (non-hydrogen) atoms. The zero-order chi connectivity index (χ0) is 12.1. The fraction of sp³-hybridized carbons (Fsp3) is 0.571. The van der Waals surface area contributed by atoms with Crippen molar-refractivity contribution in [1.29, 1.82) is 0 Å². The predicted molar refractivity (Wildman–Crippen MR) is 69.1 cm³/mol. The zero-order valence-electron chi connectivity index (χ0n) is 10.4. The Morgan fingerprint density at radius 1 is 1.33 bits per heavy atom. The second-order valence-corrected chi connectivity index (χ2v) is 5.76. The van der Waals surface area contributed by atoms with Gasteiger partial charge in [-0.05, 0) is 37.2 Å². The van der Waals surface area contributed by atoms with E-state index < -0.39 is 0 Å². The van der Waals surface area contributed by atoms with Crippen molar-refractivity contribution in [2.45, 2.75) is 38.1 Å². The van der Waals surface area contributed by atoms with Crippen molar-refractivity contribution in [3.63, 3.8) is 0 Å². The first-order valence-electron chi connectivity index (χ1n) is 6.89. The van der Waals surface area contributed by atoms with Crippen LogP contribution in [0.4, 0.5) is 0 Å². The lowest BCUT2D eigenvalue weighted by molar-refractivity contribution is 0.412. The van der Waals surface area contributed by atoms with E-state index in [0.717, 1.165) is 23.2 Å². The molecule has 2 N–H and O–H groups in total. The van der Waals surface area contributed by atoms with Gasteiger partial charge in [-0.1, -0.05) is 6.42 Å². The molecule has 0 spiro atoms. The summed E-state index contributed by atoms with van der Waals surface area (Å²) in [6, 6.07) is 4.11. The van der Waals surface area contributed by atoms with Crippen LogP contribution in [0.25, 0.3) is 5.65 Å². The molecule has 0 saturated heterocycles. The Balaban J connectivity index is 1.77. The molecule has 0 aromatic carbocycles. The lowest BCUT2D eigenvalue weighted by Crippen LogP contribution is -2.10. The van der Waals surface area contributed by atoms with Gasteiger partial charge in [0.2, 0.25) is 0 Å². The Kier molecular flexibility index (Phi) is 2.21. The highest BCUT2D eigenvalue weighted by Crippen LogP contribution is 2.52. The number of fused-ring (bicyclic) bond motifs is 3. The van der Waals surface area contributed by atoms with Gasteiger partial charge in [-0.15, -0.1) is 0 Å². The highest BCUT2D eigenvalue weighted by Gasteiger charge is 2.41. The average molecular weight is 242 g/mol. The number of nitrogens with two attached hydrogens (primary N) is 1. The predicted octanol–water partition coefficient (Wildman–Crippen LogP) is 2.09. The molecule has 2 aliphatic rings. The molecule has 4 nitrogen and oxygen atoms in total. The van der Waals surface area contributed by atoms with Crippen molar-refractivity contribution in [2.75, 3.05) is 0 Å². The van der Waals surface area contributed by atoms with Gasteiger partial charge in [-0.3, -0.25) is 0 Å². The van der Waals surface area contributed by atoms with E-state index in [-0.39, 0.29) is 0 Å². The molecular weight excluding hydrogens is 224 g/mol. The van der Waals surface area contributed by atoms with Crippen LogP contribution in [-0.4, -0.2) is 14.6 Å². The average Bonchev–Trinajstić information content (AvgIpc) is 3.11. The second-order valence-electron chi connectivity index (χ2n) is 5.76. The molecule has 2 fully saturated rings. The molecule has 2 aromatic heterocycles. The standard InChI is InChI=1S/C14H18N4/c15-8-11-3-4-16-14-7-13(17-18(11)14)12-6-9-1-2-10(12)5-9/h3-4,7,9-10,12H,1-2,5-6,8,15H2. The van der Waals surface area contributed by atoms with Gasteiger partial charge in [0, 0.05) is 24.7 Å². The molecule has 0 aliphatic heterocycles. The number of nitrogens with zero attached hydrogens (tertiary/aromatic N) is 3. The molecular formula is C14H18N4. The minimum Gasteiger partial charge on any atom is -0.325 e. The summed E-state index contributed by atoms with van der Waals surface area (Å²) in [6.45, 7) is 0.511. The third kappa shape index (κ3) is 1.42. The molecule has 4 heteroatoms. The first-order valence-corrected chi connectivity index (χ1v) is 6.89. The molecule has 3 atom stereocenters. The molecule has 3 unspecified atom stereocenters. The van der Waals surface area contributed by atoms with Gasteiger partial charge < -0.3 is 5.73 Å².